The van der Waals surface area contributed by atoms with Gasteiger partial charge in [-0.05, 0) is 48.1 Å². The van der Waals surface area contributed by atoms with Crippen LogP contribution in [0.15, 0.2) is 42.6 Å². The molecule has 0 bridgehead atoms. The van der Waals surface area contributed by atoms with Gasteiger partial charge in [-0.2, -0.15) is 0 Å². The van der Waals surface area contributed by atoms with Crippen molar-refractivity contribution in [3.63, 3.8) is 0 Å². The number of nitrogens with zero attached hydrogens (tertiary/aromatic N) is 2. The van der Waals surface area contributed by atoms with E-state index in [1.54, 1.807) is 25.4 Å². The number of hydrogen-bond acceptors (Lipinski definition) is 4. The maximum absolute atomic E-state index is 12.8. The number of pyridine rings is 1. The zero-order chi connectivity index (χ0) is 21.5. The molecule has 1 N–H and O–H groups in total. The van der Waals surface area contributed by atoms with Crippen LogP contribution in [0.3, 0.4) is 0 Å². The fourth-order valence-corrected chi connectivity index (χ4v) is 4.14. The first-order valence-corrected chi connectivity index (χ1v) is 10.7. The maximum atomic E-state index is 12.8. The van der Waals surface area contributed by atoms with E-state index in [0.29, 0.717) is 42.7 Å². The van der Waals surface area contributed by atoms with Crippen molar-refractivity contribution in [2.75, 3.05) is 20.2 Å². The number of piperidine rings is 1. The summed E-state index contributed by atoms with van der Waals surface area (Å²) in [4.78, 5) is 31.1. The Morgan fingerprint density at radius 1 is 1.23 bits per heavy atom. The van der Waals surface area contributed by atoms with Crippen LogP contribution < -0.4 is 10.1 Å². The van der Waals surface area contributed by atoms with Crippen LogP contribution in [0.25, 0.3) is 0 Å². The predicted molar refractivity (Wildman–Crippen MR) is 116 cm³/mol. The molecular weight excluding hydrogens is 402 g/mol. The molecule has 0 unspecified atom stereocenters. The molecule has 1 aliphatic heterocycles. The van der Waals surface area contributed by atoms with Gasteiger partial charge in [0, 0.05) is 37.8 Å². The summed E-state index contributed by atoms with van der Waals surface area (Å²) in [6, 6.07) is 11.0. The third-order valence-corrected chi connectivity index (χ3v) is 5.98. The van der Waals surface area contributed by atoms with Gasteiger partial charge in [-0.25, -0.2) is 4.98 Å². The lowest BCUT2D eigenvalue weighted by Gasteiger charge is -2.38. The van der Waals surface area contributed by atoms with E-state index in [-0.39, 0.29) is 17.7 Å². The van der Waals surface area contributed by atoms with E-state index >= 15 is 0 Å². The van der Waals surface area contributed by atoms with Gasteiger partial charge in [0.15, 0.2) is 0 Å². The quantitative estimate of drug-likeness (QED) is 0.677. The summed E-state index contributed by atoms with van der Waals surface area (Å²) < 4.78 is 5.15. The Hall–Kier alpha value is -2.60. The fourth-order valence-electron chi connectivity index (χ4n) is 3.97. The minimum absolute atomic E-state index is 0.0276. The number of carbonyl (C=O) groups is 2. The summed E-state index contributed by atoms with van der Waals surface area (Å²) >= 11 is 5.92. The Bertz CT molecular complexity index is 872. The normalized spacial score (nSPS) is 18.7. The van der Waals surface area contributed by atoms with E-state index in [2.05, 4.69) is 17.2 Å². The molecular formula is C23H28ClN3O3. The number of benzene rings is 1. The molecule has 0 saturated carbocycles. The minimum atomic E-state index is -0.0276. The molecule has 2 amide bonds. The average molecular weight is 430 g/mol. The molecule has 1 aromatic heterocycles. The third kappa shape index (κ3) is 5.72. The van der Waals surface area contributed by atoms with Gasteiger partial charge in [-0.3, -0.25) is 9.59 Å². The Balaban J connectivity index is 1.52. The average Bonchev–Trinajstić information content (AvgIpc) is 2.77. The summed E-state index contributed by atoms with van der Waals surface area (Å²) in [5.41, 5.74) is 1.59. The van der Waals surface area contributed by atoms with Gasteiger partial charge >= 0.3 is 0 Å². The minimum Gasteiger partial charge on any atom is -0.497 e. The van der Waals surface area contributed by atoms with Crippen LogP contribution in [-0.2, 0) is 11.3 Å². The van der Waals surface area contributed by atoms with Crippen LogP contribution in [-0.4, -0.2) is 41.9 Å². The highest BCUT2D eigenvalue weighted by molar-refractivity contribution is 6.29. The molecule has 1 aromatic carbocycles. The summed E-state index contributed by atoms with van der Waals surface area (Å²) in [6.07, 6.45) is 3.78. The molecule has 160 valence electrons. The highest BCUT2D eigenvalue weighted by atomic mass is 35.5. The standard InChI is InChI=1S/C23H28ClN3O3/c1-3-17-15-27(23(29)19-8-10-25-21(24)12-19)11-9-18(17)13-22(28)26-14-16-4-6-20(30-2)7-5-16/h4-8,10,12,17-18H,3,9,11,13-15H2,1-2H3,(H,26,28)/t17-,18+/m1/s1. The van der Waals surface area contributed by atoms with Crippen LogP contribution in [0, 0.1) is 11.8 Å². The first kappa shape index (κ1) is 22.1. The van der Waals surface area contributed by atoms with Gasteiger partial charge in [0.25, 0.3) is 5.91 Å². The highest BCUT2D eigenvalue weighted by Crippen LogP contribution is 2.30. The second-order valence-electron chi connectivity index (χ2n) is 7.66. The van der Waals surface area contributed by atoms with Crippen molar-refractivity contribution in [2.45, 2.75) is 32.7 Å². The van der Waals surface area contributed by atoms with Crippen molar-refractivity contribution in [3.05, 3.63) is 58.9 Å². The van der Waals surface area contributed by atoms with Crippen LogP contribution in [0.4, 0.5) is 0 Å². The van der Waals surface area contributed by atoms with E-state index in [4.69, 9.17) is 16.3 Å². The van der Waals surface area contributed by atoms with Crippen molar-refractivity contribution < 1.29 is 14.3 Å². The first-order chi connectivity index (χ1) is 14.5. The first-order valence-electron chi connectivity index (χ1n) is 10.3. The second kappa shape index (κ2) is 10.4. The highest BCUT2D eigenvalue weighted by Gasteiger charge is 2.32. The van der Waals surface area contributed by atoms with Crippen molar-refractivity contribution in [2.24, 2.45) is 11.8 Å². The van der Waals surface area contributed by atoms with Gasteiger partial charge in [0.1, 0.15) is 10.9 Å². The lowest BCUT2D eigenvalue weighted by molar-refractivity contribution is -0.123. The summed E-state index contributed by atoms with van der Waals surface area (Å²) in [5, 5.41) is 3.33. The molecule has 0 spiro atoms. The number of halogens is 1. The Kier molecular flexibility index (Phi) is 7.69. The lowest BCUT2D eigenvalue weighted by Crippen LogP contribution is -2.44. The van der Waals surface area contributed by atoms with E-state index in [1.807, 2.05) is 29.2 Å². The molecule has 3 rings (SSSR count). The molecule has 30 heavy (non-hydrogen) atoms. The molecule has 2 aromatic rings. The Labute approximate surface area is 182 Å². The zero-order valence-corrected chi connectivity index (χ0v) is 18.2. The van der Waals surface area contributed by atoms with E-state index in [0.717, 1.165) is 24.2 Å². The molecule has 2 atom stereocenters. The largest absolute Gasteiger partial charge is 0.497 e. The maximum Gasteiger partial charge on any atom is 0.254 e. The lowest BCUT2D eigenvalue weighted by atomic mass is 9.81. The molecule has 7 heteroatoms. The van der Waals surface area contributed by atoms with Crippen molar-refractivity contribution in [1.82, 2.24) is 15.2 Å². The van der Waals surface area contributed by atoms with Crippen molar-refractivity contribution >= 4 is 23.4 Å². The topological polar surface area (TPSA) is 71.5 Å². The molecule has 6 nitrogen and oxygen atoms in total. The molecule has 2 heterocycles. The Morgan fingerprint density at radius 3 is 2.67 bits per heavy atom. The number of ether oxygens (including phenoxy) is 1. The summed E-state index contributed by atoms with van der Waals surface area (Å²) in [5.74, 6) is 1.39. The summed E-state index contributed by atoms with van der Waals surface area (Å²) in [7, 11) is 1.63. The van der Waals surface area contributed by atoms with Crippen molar-refractivity contribution in [3.8, 4) is 5.75 Å². The van der Waals surface area contributed by atoms with Crippen LogP contribution in [0.2, 0.25) is 5.15 Å². The molecule has 1 fully saturated rings. The molecule has 1 saturated heterocycles. The number of likely N-dealkylation sites (tertiary alicyclic amines) is 1. The third-order valence-electron chi connectivity index (χ3n) is 5.77. The number of rotatable bonds is 7. The van der Waals surface area contributed by atoms with Gasteiger partial charge in [-0.15, -0.1) is 0 Å². The van der Waals surface area contributed by atoms with E-state index in [9.17, 15) is 9.59 Å². The number of methoxy groups -OCH3 is 1. The number of nitrogens with one attached hydrogen (secondary N) is 1. The fraction of sp³-hybridized carbons (Fsp3) is 0.435. The molecule has 1 aliphatic rings. The van der Waals surface area contributed by atoms with Gasteiger partial charge in [-0.1, -0.05) is 37.1 Å². The van der Waals surface area contributed by atoms with Crippen molar-refractivity contribution in [1.29, 1.82) is 0 Å². The SMILES string of the molecule is CC[C@@H]1CN(C(=O)c2ccnc(Cl)c2)CC[C@H]1CC(=O)NCc1ccc(OC)cc1. The van der Waals surface area contributed by atoms with Crippen LogP contribution in [0.5, 0.6) is 5.75 Å². The van der Waals surface area contributed by atoms with E-state index < -0.39 is 0 Å². The second-order valence-corrected chi connectivity index (χ2v) is 8.05. The van der Waals surface area contributed by atoms with Gasteiger partial charge in [0.05, 0.1) is 7.11 Å². The van der Waals surface area contributed by atoms with Crippen LogP contribution >= 0.6 is 11.6 Å². The predicted octanol–water partition coefficient (Wildman–Crippen LogP) is 3.94. The van der Waals surface area contributed by atoms with Gasteiger partial charge in [0.2, 0.25) is 5.91 Å². The Morgan fingerprint density at radius 2 is 2.00 bits per heavy atom. The number of carbonyl (C=O) groups excluding carboxylic acids is 2. The molecule has 0 radical (unpaired) electrons. The summed E-state index contributed by atoms with van der Waals surface area (Å²) in [6.45, 7) is 3.92. The van der Waals surface area contributed by atoms with Crippen LogP contribution in [0.1, 0.15) is 42.1 Å². The number of hydrogen-bond donors (Lipinski definition) is 1. The molecule has 0 aliphatic carbocycles. The number of amides is 2. The smallest absolute Gasteiger partial charge is 0.254 e. The van der Waals surface area contributed by atoms with Gasteiger partial charge < -0.3 is 15.0 Å². The van der Waals surface area contributed by atoms with E-state index in [1.165, 1.54) is 0 Å². The number of aromatic nitrogens is 1. The monoisotopic (exact) mass is 429 g/mol. The zero-order valence-electron chi connectivity index (χ0n) is 17.4.